The maximum Gasteiger partial charge on any atom is 0.355 e. The van der Waals surface area contributed by atoms with E-state index in [2.05, 4.69) is 5.10 Å². The van der Waals surface area contributed by atoms with Gasteiger partial charge in [-0.05, 0) is 12.1 Å². The molecule has 20 heavy (non-hydrogen) atoms. The SMILES string of the molecule is Nc1cc(-n2nc(CCl)n(C(F)F)c2=O)c(Cl)cc1Cl. The van der Waals surface area contributed by atoms with Crippen LogP contribution in [0.4, 0.5) is 14.5 Å². The number of alkyl halides is 3. The molecule has 1 heterocycles. The second-order valence-electron chi connectivity index (χ2n) is 3.72. The van der Waals surface area contributed by atoms with Crippen molar-refractivity contribution in [1.82, 2.24) is 14.3 Å². The van der Waals surface area contributed by atoms with Gasteiger partial charge < -0.3 is 5.73 Å². The third kappa shape index (κ3) is 2.48. The molecule has 0 atom stereocenters. The van der Waals surface area contributed by atoms with Crippen molar-refractivity contribution >= 4 is 40.5 Å². The van der Waals surface area contributed by atoms with Crippen molar-refractivity contribution in [2.75, 3.05) is 5.73 Å². The summed E-state index contributed by atoms with van der Waals surface area (Å²) in [6, 6.07) is 2.56. The first-order valence-electron chi connectivity index (χ1n) is 5.16. The topological polar surface area (TPSA) is 65.8 Å². The summed E-state index contributed by atoms with van der Waals surface area (Å²) in [7, 11) is 0. The van der Waals surface area contributed by atoms with Crippen molar-refractivity contribution in [2.24, 2.45) is 0 Å². The Kier molecular flexibility index (Phi) is 4.22. The smallest absolute Gasteiger partial charge is 0.355 e. The Morgan fingerprint density at radius 1 is 1.30 bits per heavy atom. The van der Waals surface area contributed by atoms with Crippen LogP contribution < -0.4 is 11.4 Å². The number of rotatable bonds is 3. The zero-order valence-corrected chi connectivity index (χ0v) is 11.9. The third-order valence-corrected chi connectivity index (χ3v) is 3.36. The van der Waals surface area contributed by atoms with Gasteiger partial charge in [-0.25, -0.2) is 9.36 Å². The number of hydrogen-bond acceptors (Lipinski definition) is 3. The van der Waals surface area contributed by atoms with Gasteiger partial charge in [0.05, 0.1) is 27.3 Å². The molecule has 0 bridgehead atoms. The van der Waals surface area contributed by atoms with Gasteiger partial charge in [0.2, 0.25) is 0 Å². The monoisotopic (exact) mass is 342 g/mol. The maximum atomic E-state index is 12.8. The van der Waals surface area contributed by atoms with Gasteiger partial charge in [0.15, 0.2) is 5.82 Å². The average Bonchev–Trinajstić information content (AvgIpc) is 2.71. The number of nitrogen functional groups attached to an aromatic ring is 1. The molecule has 0 saturated heterocycles. The minimum Gasteiger partial charge on any atom is -0.397 e. The maximum absolute atomic E-state index is 12.8. The Morgan fingerprint density at radius 2 is 1.95 bits per heavy atom. The van der Waals surface area contributed by atoms with Gasteiger partial charge in [0.1, 0.15) is 0 Å². The van der Waals surface area contributed by atoms with Crippen LogP contribution in [0.5, 0.6) is 0 Å². The molecule has 0 amide bonds. The molecule has 0 fully saturated rings. The molecule has 0 spiro atoms. The summed E-state index contributed by atoms with van der Waals surface area (Å²) in [6.45, 7) is -3.06. The first-order chi connectivity index (χ1) is 9.36. The molecule has 0 aliphatic heterocycles. The molecule has 108 valence electrons. The van der Waals surface area contributed by atoms with E-state index in [9.17, 15) is 13.6 Å². The highest BCUT2D eigenvalue weighted by molar-refractivity contribution is 6.37. The van der Waals surface area contributed by atoms with E-state index in [1.165, 1.54) is 12.1 Å². The molecular formula is C10H7Cl3F2N4O. The van der Waals surface area contributed by atoms with Crippen molar-refractivity contribution in [3.8, 4) is 5.69 Å². The Hall–Kier alpha value is -1.31. The molecule has 5 nitrogen and oxygen atoms in total. The van der Waals surface area contributed by atoms with E-state index in [4.69, 9.17) is 40.5 Å². The van der Waals surface area contributed by atoms with Gasteiger partial charge in [-0.1, -0.05) is 23.2 Å². The zero-order chi connectivity index (χ0) is 15.0. The minimum atomic E-state index is -3.06. The Balaban J connectivity index is 2.71. The van der Waals surface area contributed by atoms with Crippen LogP contribution in [-0.2, 0) is 5.88 Å². The van der Waals surface area contributed by atoms with Crippen molar-refractivity contribution < 1.29 is 8.78 Å². The van der Waals surface area contributed by atoms with Crippen molar-refractivity contribution in [1.29, 1.82) is 0 Å². The van der Waals surface area contributed by atoms with Gasteiger partial charge >= 0.3 is 12.2 Å². The van der Waals surface area contributed by atoms with Crippen LogP contribution >= 0.6 is 34.8 Å². The fourth-order valence-corrected chi connectivity index (χ4v) is 2.22. The summed E-state index contributed by atoms with van der Waals surface area (Å²) in [4.78, 5) is 11.9. The third-order valence-electron chi connectivity index (χ3n) is 2.49. The molecule has 2 N–H and O–H groups in total. The second kappa shape index (κ2) is 5.59. The van der Waals surface area contributed by atoms with Crippen molar-refractivity contribution in [3.63, 3.8) is 0 Å². The predicted molar refractivity (Wildman–Crippen MR) is 73.1 cm³/mol. The van der Waals surface area contributed by atoms with Crippen molar-refractivity contribution in [2.45, 2.75) is 12.4 Å². The molecule has 1 aromatic carbocycles. The summed E-state index contributed by atoms with van der Waals surface area (Å²) < 4.78 is 26.5. The summed E-state index contributed by atoms with van der Waals surface area (Å²) in [6.07, 6.45) is 0. The fourth-order valence-electron chi connectivity index (χ4n) is 1.58. The number of nitrogens with two attached hydrogens (primary N) is 1. The molecule has 2 rings (SSSR count). The Labute approximate surface area is 126 Å². The second-order valence-corrected chi connectivity index (χ2v) is 4.80. The van der Waals surface area contributed by atoms with E-state index in [1.54, 1.807) is 0 Å². The Morgan fingerprint density at radius 3 is 2.45 bits per heavy atom. The molecule has 10 heteroatoms. The summed E-state index contributed by atoms with van der Waals surface area (Å²) in [5.74, 6) is -0.635. The van der Waals surface area contributed by atoms with E-state index in [-0.39, 0.29) is 37.7 Å². The van der Waals surface area contributed by atoms with Gasteiger partial charge in [0.25, 0.3) is 0 Å². The lowest BCUT2D eigenvalue weighted by atomic mass is 10.3. The molecular weight excluding hydrogens is 336 g/mol. The molecule has 0 aliphatic rings. The largest absolute Gasteiger partial charge is 0.397 e. The number of halogens is 5. The van der Waals surface area contributed by atoms with Crippen molar-refractivity contribution in [3.05, 3.63) is 38.5 Å². The highest BCUT2D eigenvalue weighted by Crippen LogP contribution is 2.29. The zero-order valence-electron chi connectivity index (χ0n) is 9.66. The van der Waals surface area contributed by atoms with Crippen LogP contribution in [0.1, 0.15) is 12.4 Å². The average molecular weight is 344 g/mol. The lowest BCUT2D eigenvalue weighted by molar-refractivity contribution is 0.0637. The first kappa shape index (κ1) is 15.1. The molecule has 0 saturated carbocycles. The normalized spacial score (nSPS) is 11.3. The molecule has 1 aromatic heterocycles. The lowest BCUT2D eigenvalue weighted by Gasteiger charge is -2.05. The number of nitrogens with zero attached hydrogens (tertiary/aromatic N) is 3. The van der Waals surface area contributed by atoms with E-state index in [0.717, 1.165) is 0 Å². The lowest BCUT2D eigenvalue weighted by Crippen LogP contribution is -2.25. The van der Waals surface area contributed by atoms with Crippen LogP contribution in [0.25, 0.3) is 5.69 Å². The Bertz CT molecular complexity index is 713. The predicted octanol–water partition coefficient (Wildman–Crippen LogP) is 3.06. The number of hydrogen-bond donors (Lipinski definition) is 1. The van der Waals surface area contributed by atoms with Crippen LogP contribution in [0.2, 0.25) is 10.0 Å². The number of benzene rings is 1. The quantitative estimate of drug-likeness (QED) is 0.688. The van der Waals surface area contributed by atoms with E-state index in [1.807, 2.05) is 0 Å². The highest BCUT2D eigenvalue weighted by Gasteiger charge is 2.21. The van der Waals surface area contributed by atoms with E-state index < -0.39 is 12.2 Å². The van der Waals surface area contributed by atoms with Crippen LogP contribution in [-0.4, -0.2) is 14.3 Å². The molecule has 2 aromatic rings. The van der Waals surface area contributed by atoms with Gasteiger partial charge in [-0.2, -0.15) is 13.5 Å². The summed E-state index contributed by atoms with van der Waals surface area (Å²) in [5, 5.41) is 3.95. The van der Waals surface area contributed by atoms with Crippen LogP contribution in [0.3, 0.4) is 0 Å². The number of aromatic nitrogens is 3. The van der Waals surface area contributed by atoms with Gasteiger partial charge in [-0.3, -0.25) is 0 Å². The molecule has 0 unspecified atom stereocenters. The molecule has 0 aliphatic carbocycles. The standard InChI is InChI=1S/C10H7Cl3F2N4O/c11-3-8-17-19(10(20)18(8)9(14)15)7-2-6(16)4(12)1-5(7)13/h1-2,9H,3,16H2. The van der Waals surface area contributed by atoms with Crippen LogP contribution in [0.15, 0.2) is 16.9 Å². The van der Waals surface area contributed by atoms with Crippen LogP contribution in [0, 0.1) is 0 Å². The van der Waals surface area contributed by atoms with Gasteiger partial charge in [-0.15, -0.1) is 16.7 Å². The van der Waals surface area contributed by atoms with E-state index in [0.29, 0.717) is 4.68 Å². The summed E-state index contributed by atoms with van der Waals surface area (Å²) >= 11 is 17.2. The highest BCUT2D eigenvalue weighted by atomic mass is 35.5. The van der Waals surface area contributed by atoms with E-state index >= 15 is 0 Å². The minimum absolute atomic E-state index is 0.0457. The number of anilines is 1. The van der Waals surface area contributed by atoms with Gasteiger partial charge in [0, 0.05) is 0 Å². The summed E-state index contributed by atoms with van der Waals surface area (Å²) in [5.41, 5.74) is 4.71. The fraction of sp³-hybridized carbons (Fsp3) is 0.200. The molecule has 0 radical (unpaired) electrons. The first-order valence-corrected chi connectivity index (χ1v) is 6.45.